The number of nitrogens with one attached hydrogen (secondary N) is 1. The predicted octanol–water partition coefficient (Wildman–Crippen LogP) is 5.16. The predicted molar refractivity (Wildman–Crippen MR) is 95.3 cm³/mol. The normalized spacial score (nSPS) is 14.5. The van der Waals surface area contributed by atoms with Gasteiger partial charge >= 0.3 is 6.18 Å². The molecule has 26 heavy (non-hydrogen) atoms. The highest BCUT2D eigenvalue weighted by Gasteiger charge is 2.33. The van der Waals surface area contributed by atoms with Gasteiger partial charge < -0.3 is 5.32 Å². The van der Waals surface area contributed by atoms with Crippen LogP contribution < -0.4 is 5.32 Å². The van der Waals surface area contributed by atoms with Crippen molar-refractivity contribution in [3.8, 4) is 0 Å². The molecule has 3 rings (SSSR count). The van der Waals surface area contributed by atoms with E-state index in [1.165, 1.54) is 30.0 Å². The molecular weight excluding hydrogens is 363 g/mol. The molecule has 0 bridgehead atoms. The minimum atomic E-state index is -4.49. The number of allylic oxidation sites excluding steroid dienone is 2. The van der Waals surface area contributed by atoms with Crippen LogP contribution in [0.4, 0.5) is 18.9 Å². The minimum Gasteiger partial charge on any atom is -0.351 e. The highest BCUT2D eigenvalue weighted by Crippen LogP contribution is 2.35. The number of carbonyl (C=O) groups is 2. The Labute approximate surface area is 152 Å². The highest BCUT2D eigenvalue weighted by molar-refractivity contribution is 8.04. The number of benzene rings is 2. The fraction of sp³-hybridized carbons (Fsp3) is 0.158. The van der Waals surface area contributed by atoms with E-state index in [-0.39, 0.29) is 27.6 Å². The average Bonchev–Trinajstić information content (AvgIpc) is 2.62. The van der Waals surface area contributed by atoms with E-state index in [4.69, 9.17) is 0 Å². The lowest BCUT2D eigenvalue weighted by Crippen LogP contribution is -2.25. The fourth-order valence-electron chi connectivity index (χ4n) is 2.67. The minimum absolute atomic E-state index is 0.0138. The Balaban J connectivity index is 2.05. The van der Waals surface area contributed by atoms with Crippen molar-refractivity contribution in [2.75, 3.05) is 11.1 Å². The maximum atomic E-state index is 12.9. The summed E-state index contributed by atoms with van der Waals surface area (Å²) in [6.07, 6.45) is -4.49. The summed E-state index contributed by atoms with van der Waals surface area (Å²) in [5.74, 6) is -0.167. The first-order valence-corrected chi connectivity index (χ1v) is 8.81. The van der Waals surface area contributed by atoms with Crippen molar-refractivity contribution in [1.29, 1.82) is 0 Å². The van der Waals surface area contributed by atoms with E-state index < -0.39 is 17.5 Å². The van der Waals surface area contributed by atoms with Crippen LogP contribution in [-0.2, 0) is 6.18 Å². The molecule has 0 saturated heterocycles. The zero-order valence-corrected chi connectivity index (χ0v) is 14.5. The number of hydrogen-bond acceptors (Lipinski definition) is 4. The molecule has 134 valence electrons. The first kappa shape index (κ1) is 18.3. The quantitative estimate of drug-likeness (QED) is 0.799. The molecule has 2 aromatic carbocycles. The average molecular weight is 377 g/mol. The lowest BCUT2D eigenvalue weighted by Gasteiger charge is -2.21. The van der Waals surface area contributed by atoms with Crippen LogP contribution >= 0.6 is 11.8 Å². The number of anilines is 1. The Morgan fingerprint density at radius 3 is 2.23 bits per heavy atom. The van der Waals surface area contributed by atoms with Crippen LogP contribution in [0.25, 0.3) is 0 Å². The van der Waals surface area contributed by atoms with Gasteiger partial charge in [-0.3, -0.25) is 9.59 Å². The summed E-state index contributed by atoms with van der Waals surface area (Å²) in [6.45, 7) is 1.83. The standard InChI is InChI=1S/C19H14F3NO2S/c1-2-26-18-15(16(24)13-8-3-4-9-14(13)17(18)25)23-12-7-5-6-11(10-12)19(20,21)22/h3-10,23H,2H2,1H3. The van der Waals surface area contributed by atoms with Crippen molar-refractivity contribution >= 4 is 29.0 Å². The van der Waals surface area contributed by atoms with Crippen molar-refractivity contribution in [3.05, 3.63) is 75.8 Å². The number of carbonyl (C=O) groups excluding carboxylic acids is 2. The molecule has 1 N–H and O–H groups in total. The zero-order valence-electron chi connectivity index (χ0n) is 13.7. The molecule has 0 aliphatic heterocycles. The summed E-state index contributed by atoms with van der Waals surface area (Å²) in [6, 6.07) is 11.0. The van der Waals surface area contributed by atoms with Crippen LogP contribution in [0.15, 0.2) is 59.1 Å². The number of ketones is 2. The molecular formula is C19H14F3NO2S. The molecule has 1 aliphatic carbocycles. The maximum absolute atomic E-state index is 12.9. The Bertz CT molecular complexity index is 919. The first-order chi connectivity index (χ1) is 12.3. The third kappa shape index (κ3) is 3.39. The van der Waals surface area contributed by atoms with Crippen LogP contribution in [0, 0.1) is 0 Å². The Morgan fingerprint density at radius 1 is 0.962 bits per heavy atom. The fourth-order valence-corrected chi connectivity index (χ4v) is 3.48. The van der Waals surface area contributed by atoms with E-state index in [1.54, 1.807) is 18.2 Å². The van der Waals surface area contributed by atoms with Gasteiger partial charge in [0.1, 0.15) is 5.70 Å². The molecule has 0 aromatic heterocycles. The SMILES string of the molecule is CCSC1=C(Nc2cccc(C(F)(F)F)c2)C(=O)c2ccccc2C1=O. The van der Waals surface area contributed by atoms with E-state index >= 15 is 0 Å². The monoisotopic (exact) mass is 377 g/mol. The molecule has 7 heteroatoms. The van der Waals surface area contributed by atoms with Crippen LogP contribution in [0.5, 0.6) is 0 Å². The molecule has 0 unspecified atom stereocenters. The molecule has 0 fully saturated rings. The topological polar surface area (TPSA) is 46.2 Å². The van der Waals surface area contributed by atoms with E-state index in [0.29, 0.717) is 11.3 Å². The number of fused-ring (bicyclic) bond motifs is 1. The second-order valence-corrected chi connectivity index (χ2v) is 6.82. The smallest absolute Gasteiger partial charge is 0.351 e. The molecule has 0 radical (unpaired) electrons. The third-order valence-electron chi connectivity index (χ3n) is 3.82. The lowest BCUT2D eigenvalue weighted by atomic mass is 9.92. The second kappa shape index (κ2) is 6.99. The van der Waals surface area contributed by atoms with Crippen molar-refractivity contribution in [3.63, 3.8) is 0 Å². The van der Waals surface area contributed by atoms with Crippen molar-refractivity contribution in [2.45, 2.75) is 13.1 Å². The summed E-state index contributed by atoms with van der Waals surface area (Å²) in [5.41, 5.74) is -0.164. The van der Waals surface area contributed by atoms with E-state index in [9.17, 15) is 22.8 Å². The van der Waals surface area contributed by atoms with E-state index in [1.807, 2.05) is 6.92 Å². The van der Waals surface area contributed by atoms with E-state index in [2.05, 4.69) is 5.32 Å². The summed E-state index contributed by atoms with van der Waals surface area (Å²) in [4.78, 5) is 25.8. The zero-order chi connectivity index (χ0) is 18.9. The number of hydrogen-bond donors (Lipinski definition) is 1. The Morgan fingerprint density at radius 2 is 1.62 bits per heavy atom. The van der Waals surface area contributed by atoms with Gasteiger partial charge in [0.2, 0.25) is 11.6 Å². The number of thioether (sulfide) groups is 1. The van der Waals surface area contributed by atoms with Gasteiger partial charge in [-0.05, 0) is 24.0 Å². The van der Waals surface area contributed by atoms with Crippen LogP contribution in [0.3, 0.4) is 0 Å². The van der Waals surface area contributed by atoms with Gasteiger partial charge in [-0.1, -0.05) is 37.3 Å². The molecule has 0 atom stereocenters. The maximum Gasteiger partial charge on any atom is 0.416 e. The van der Waals surface area contributed by atoms with Crippen molar-refractivity contribution in [1.82, 2.24) is 0 Å². The molecule has 0 saturated carbocycles. The van der Waals surface area contributed by atoms with Crippen LogP contribution in [-0.4, -0.2) is 17.3 Å². The number of Topliss-reactive ketones (excluding diaryl/α,β-unsaturated/α-hetero) is 2. The summed E-state index contributed by atoms with van der Waals surface area (Å²) in [7, 11) is 0. The molecule has 3 nitrogen and oxygen atoms in total. The molecule has 2 aromatic rings. The number of rotatable bonds is 4. The van der Waals surface area contributed by atoms with Crippen molar-refractivity contribution < 1.29 is 22.8 Å². The Kier molecular flexibility index (Phi) is 4.91. The van der Waals surface area contributed by atoms with Crippen molar-refractivity contribution in [2.24, 2.45) is 0 Å². The summed E-state index contributed by atoms with van der Waals surface area (Å²) < 4.78 is 38.7. The summed E-state index contributed by atoms with van der Waals surface area (Å²) >= 11 is 1.19. The Hall–Kier alpha value is -2.54. The van der Waals surface area contributed by atoms with Gasteiger partial charge in [-0.25, -0.2) is 0 Å². The molecule has 0 heterocycles. The van der Waals surface area contributed by atoms with Gasteiger partial charge in [0.15, 0.2) is 0 Å². The van der Waals surface area contributed by atoms with Gasteiger partial charge in [0, 0.05) is 16.8 Å². The second-order valence-electron chi connectivity index (χ2n) is 5.54. The highest BCUT2D eigenvalue weighted by atomic mass is 32.2. The van der Waals surface area contributed by atoms with Gasteiger partial charge in [-0.2, -0.15) is 13.2 Å². The molecule has 1 aliphatic rings. The van der Waals surface area contributed by atoms with Gasteiger partial charge in [-0.15, -0.1) is 11.8 Å². The number of halogens is 3. The lowest BCUT2D eigenvalue weighted by molar-refractivity contribution is -0.137. The molecule has 0 amide bonds. The van der Waals surface area contributed by atoms with Gasteiger partial charge in [0.25, 0.3) is 0 Å². The van der Waals surface area contributed by atoms with Crippen LogP contribution in [0.2, 0.25) is 0 Å². The van der Waals surface area contributed by atoms with Crippen LogP contribution in [0.1, 0.15) is 33.2 Å². The third-order valence-corrected chi connectivity index (χ3v) is 4.79. The largest absolute Gasteiger partial charge is 0.416 e. The summed E-state index contributed by atoms with van der Waals surface area (Å²) in [5, 5.41) is 2.74. The van der Waals surface area contributed by atoms with Gasteiger partial charge in [0.05, 0.1) is 10.5 Å². The van der Waals surface area contributed by atoms with E-state index in [0.717, 1.165) is 12.1 Å². The number of alkyl halides is 3. The molecule has 0 spiro atoms. The first-order valence-electron chi connectivity index (χ1n) is 7.82.